The number of rotatable bonds is 14. The van der Waals surface area contributed by atoms with Crippen LogP contribution < -0.4 is 19.7 Å². The molecule has 16 nitrogen and oxygen atoms in total. The molecule has 3 N–H and O–H groups in total. The van der Waals surface area contributed by atoms with E-state index in [4.69, 9.17) is 4.74 Å². The number of amides is 1. The molecule has 3 aliphatic heterocycles. The van der Waals surface area contributed by atoms with Gasteiger partial charge in [0.2, 0.25) is 5.82 Å². The van der Waals surface area contributed by atoms with Gasteiger partial charge in [0.05, 0.1) is 28.9 Å². The van der Waals surface area contributed by atoms with Crippen molar-refractivity contribution in [2.45, 2.75) is 112 Å². The minimum atomic E-state index is -4.63. The van der Waals surface area contributed by atoms with Crippen LogP contribution in [0.5, 0.6) is 11.5 Å². The maximum Gasteiger partial charge on any atom is 0.312 e. The summed E-state index contributed by atoms with van der Waals surface area (Å²) in [6.45, 7) is 3.25. The highest BCUT2D eigenvalue weighted by molar-refractivity contribution is 7.94. The summed E-state index contributed by atoms with van der Waals surface area (Å²) in [4.78, 5) is 41.8. The number of H-pyrrole nitrogens is 1. The van der Waals surface area contributed by atoms with Crippen LogP contribution in [0.4, 0.5) is 17.2 Å². The van der Waals surface area contributed by atoms with Gasteiger partial charge in [0.1, 0.15) is 22.0 Å². The molecule has 3 aliphatic carbocycles. The predicted molar refractivity (Wildman–Crippen MR) is 261 cm³/mol. The lowest BCUT2D eigenvalue weighted by molar-refractivity contribution is -0.384. The molecule has 5 aromatic rings. The van der Waals surface area contributed by atoms with Gasteiger partial charge >= 0.3 is 5.69 Å². The fourth-order valence-corrected chi connectivity index (χ4v) is 14.3. The van der Waals surface area contributed by atoms with Crippen molar-refractivity contribution >= 4 is 53.9 Å². The van der Waals surface area contributed by atoms with Gasteiger partial charge < -0.3 is 19.9 Å². The molecule has 11 rings (SSSR count). The molecule has 0 bridgehead atoms. The van der Waals surface area contributed by atoms with E-state index in [1.54, 1.807) is 35.5 Å². The molecule has 1 atom stereocenters. The minimum Gasteiger partial charge on any atom is -0.455 e. The standard InChI is InChI=1S/C50H59N9O7S2/c60-49(56-68(64,65)40-27-45(59(61)62)48(54-32-40)52-30-33-8-12-36(13-9-33)55-67(63)23-4-24-67)43-15-14-37(26-46(43)66-39-25-35-16-19-51-47(35)53-31-39)57-21-17-50(18-22-57)28-38(29-50)58-20-3-7-44(58)42-6-2-1-5-41(42)34-10-11-34/h1-2,5-6,14-16,19,25-27,31-34,36,38,44H,3-4,7-13,17-18,20-24,28-30H2,(H,51,53)(H,52,54)(H,56,60)/t33-,36+,44-/m0/s1. The maximum absolute atomic E-state index is 14.0. The number of ether oxygens (including phenoxy) is 1. The van der Waals surface area contributed by atoms with Crippen LogP contribution in [-0.2, 0) is 19.8 Å². The van der Waals surface area contributed by atoms with E-state index in [1.165, 1.54) is 51.3 Å². The average molecular weight is 962 g/mol. The van der Waals surface area contributed by atoms with E-state index >= 15 is 0 Å². The van der Waals surface area contributed by atoms with E-state index in [2.05, 4.69) is 63.4 Å². The summed E-state index contributed by atoms with van der Waals surface area (Å²) < 4.78 is 53.3. The molecule has 1 amide bonds. The Hall–Kier alpha value is -5.59. The molecule has 358 valence electrons. The van der Waals surface area contributed by atoms with Crippen molar-refractivity contribution in [2.75, 3.05) is 47.9 Å². The van der Waals surface area contributed by atoms with E-state index in [0.717, 1.165) is 87.3 Å². The number of carbonyl (C=O) groups is 1. The molecular weight excluding hydrogens is 903 g/mol. The molecule has 18 heteroatoms. The third-order valence-corrected chi connectivity index (χ3v) is 19.5. The van der Waals surface area contributed by atoms with E-state index in [9.17, 15) is 27.5 Å². The number of benzene rings is 2. The highest BCUT2D eigenvalue weighted by atomic mass is 32.2. The van der Waals surface area contributed by atoms with Crippen molar-refractivity contribution in [1.82, 2.24) is 24.6 Å². The molecular formula is C50H59N9O7S2. The summed E-state index contributed by atoms with van der Waals surface area (Å²) in [5.41, 5.74) is 4.40. The normalized spacial score (nSPS) is 23.7. The first-order valence-corrected chi connectivity index (χ1v) is 27.8. The summed E-state index contributed by atoms with van der Waals surface area (Å²) in [5, 5.41) is 16.1. The van der Waals surface area contributed by atoms with Gasteiger partial charge in [-0.3, -0.25) is 19.8 Å². The van der Waals surface area contributed by atoms with Crippen molar-refractivity contribution in [1.29, 1.82) is 0 Å². The third-order valence-electron chi connectivity index (χ3n) is 15.7. The Morgan fingerprint density at radius 3 is 2.44 bits per heavy atom. The number of nitrogens with one attached hydrogen (secondary N) is 3. The van der Waals surface area contributed by atoms with Crippen molar-refractivity contribution in [3.05, 3.63) is 106 Å². The lowest BCUT2D eigenvalue weighted by Crippen LogP contribution is -2.54. The number of anilines is 2. The predicted octanol–water partition coefficient (Wildman–Crippen LogP) is 9.08. The van der Waals surface area contributed by atoms with Gasteiger partial charge in [0, 0.05) is 82.4 Å². The number of hydrogen-bond donors (Lipinski definition) is 3. The second kappa shape index (κ2) is 18.1. The van der Waals surface area contributed by atoms with Crippen LogP contribution in [-0.4, -0.2) is 93.1 Å². The largest absolute Gasteiger partial charge is 0.455 e. The number of nitro groups is 1. The molecule has 3 saturated carbocycles. The summed E-state index contributed by atoms with van der Waals surface area (Å²) in [6.07, 6.45) is 18.2. The van der Waals surface area contributed by atoms with E-state index in [-0.39, 0.29) is 29.1 Å². The number of nitrogens with zero attached hydrogens (tertiary/aromatic N) is 6. The minimum absolute atomic E-state index is 0.0342. The first-order chi connectivity index (χ1) is 32.9. The zero-order valence-electron chi connectivity index (χ0n) is 38.2. The summed E-state index contributed by atoms with van der Waals surface area (Å²) >= 11 is 0. The average Bonchev–Trinajstić information content (AvgIpc) is 3.87. The maximum atomic E-state index is 14.0. The van der Waals surface area contributed by atoms with Crippen molar-refractivity contribution < 1.29 is 27.1 Å². The van der Waals surface area contributed by atoms with Crippen LogP contribution in [0.2, 0.25) is 0 Å². The zero-order valence-corrected chi connectivity index (χ0v) is 39.8. The Labute approximate surface area is 397 Å². The van der Waals surface area contributed by atoms with Crippen molar-refractivity contribution in [2.24, 2.45) is 15.7 Å². The molecule has 3 aromatic heterocycles. The highest BCUT2D eigenvalue weighted by Gasteiger charge is 2.50. The van der Waals surface area contributed by atoms with Gasteiger partial charge in [-0.2, -0.15) is 0 Å². The van der Waals surface area contributed by atoms with E-state index < -0.39 is 41.2 Å². The van der Waals surface area contributed by atoms with Crippen LogP contribution in [0, 0.1) is 21.4 Å². The highest BCUT2D eigenvalue weighted by Crippen LogP contribution is 2.55. The second-order valence-corrected chi connectivity index (χ2v) is 24.4. The molecule has 68 heavy (non-hydrogen) atoms. The third kappa shape index (κ3) is 9.18. The topological polar surface area (TPSA) is 205 Å². The lowest BCUT2D eigenvalue weighted by Gasteiger charge is -2.56. The van der Waals surface area contributed by atoms with E-state index in [0.29, 0.717) is 46.9 Å². The van der Waals surface area contributed by atoms with Gasteiger partial charge in [0.15, 0.2) is 0 Å². The smallest absolute Gasteiger partial charge is 0.312 e. The Bertz CT molecular complexity index is 2970. The summed E-state index contributed by atoms with van der Waals surface area (Å²) in [5.74, 6) is 1.79. The fraction of sp³-hybridized carbons (Fsp3) is 0.500. The molecule has 3 saturated heterocycles. The molecule has 6 fully saturated rings. The Morgan fingerprint density at radius 1 is 0.926 bits per heavy atom. The lowest BCUT2D eigenvalue weighted by atomic mass is 9.59. The molecule has 1 spiro atoms. The molecule has 0 radical (unpaired) electrons. The molecule has 6 aliphatic rings. The van der Waals surface area contributed by atoms with Crippen LogP contribution in [0.3, 0.4) is 0 Å². The number of fused-ring (bicyclic) bond motifs is 1. The van der Waals surface area contributed by atoms with Gasteiger partial charge in [-0.25, -0.2) is 31.7 Å². The first kappa shape index (κ1) is 44.9. The van der Waals surface area contributed by atoms with Gasteiger partial charge in [-0.15, -0.1) is 0 Å². The number of hydrogen-bond acceptors (Lipinski definition) is 13. The quantitative estimate of drug-likeness (QED) is 0.0704. The zero-order chi connectivity index (χ0) is 46.6. The SMILES string of the molecule is O=C(NS(=O)(=O)c1cnc(NC[C@H]2CC[C@@H](N=S3(=O)CCC3)CC2)c([N+](=O)[O-])c1)c1ccc(N2CCC3(CC2)CC(N2CCC[C@H]2c2ccccc2C2CC2)C3)cc1Oc1cnc2[nH]ccc2c1. The van der Waals surface area contributed by atoms with Crippen molar-refractivity contribution in [3.8, 4) is 11.5 Å². The fourth-order valence-electron chi connectivity index (χ4n) is 11.6. The number of pyridine rings is 2. The number of aromatic amines is 1. The first-order valence-electron chi connectivity index (χ1n) is 24.4. The number of sulfonamides is 1. The van der Waals surface area contributed by atoms with Crippen LogP contribution in [0.15, 0.2) is 88.5 Å². The summed E-state index contributed by atoms with van der Waals surface area (Å²) in [7, 11) is -6.65. The van der Waals surface area contributed by atoms with Gasteiger partial charge in [-0.1, -0.05) is 24.3 Å². The molecule has 2 aromatic carbocycles. The van der Waals surface area contributed by atoms with E-state index in [1.807, 2.05) is 12.1 Å². The Morgan fingerprint density at radius 2 is 1.71 bits per heavy atom. The van der Waals surface area contributed by atoms with Crippen LogP contribution in [0.25, 0.3) is 11.0 Å². The number of aromatic nitrogens is 3. The van der Waals surface area contributed by atoms with Gasteiger partial charge in [0.25, 0.3) is 15.9 Å². The van der Waals surface area contributed by atoms with Crippen molar-refractivity contribution in [3.63, 3.8) is 0 Å². The Kier molecular flexibility index (Phi) is 11.9. The van der Waals surface area contributed by atoms with Crippen LogP contribution >= 0.6 is 0 Å². The number of piperidine rings is 1. The summed E-state index contributed by atoms with van der Waals surface area (Å²) in [6, 6.07) is 20.1. The second-order valence-electron chi connectivity index (χ2n) is 20.1. The number of likely N-dealkylation sites (tertiary alicyclic amines) is 1. The van der Waals surface area contributed by atoms with Gasteiger partial charge in [-0.05, 0) is 143 Å². The Balaban J connectivity index is 0.763. The van der Waals surface area contributed by atoms with Crippen LogP contribution in [0.1, 0.15) is 117 Å². The molecule has 0 unspecified atom stereocenters. The monoisotopic (exact) mass is 961 g/mol. The number of carbonyl (C=O) groups excluding carboxylic acids is 1. The molecule has 6 heterocycles.